The predicted octanol–water partition coefficient (Wildman–Crippen LogP) is 3.07. The molecule has 0 aliphatic carbocycles. The molecular weight excluding hydrogens is 502 g/mol. The van der Waals surface area contributed by atoms with E-state index in [0.29, 0.717) is 22.9 Å². The van der Waals surface area contributed by atoms with Gasteiger partial charge in [-0.15, -0.1) is 0 Å². The van der Waals surface area contributed by atoms with Gasteiger partial charge in [0.05, 0.1) is 0 Å². The summed E-state index contributed by atoms with van der Waals surface area (Å²) in [7, 11) is 1.64. The van der Waals surface area contributed by atoms with Crippen molar-refractivity contribution in [1.29, 1.82) is 0 Å². The molecule has 38 heavy (non-hydrogen) atoms. The van der Waals surface area contributed by atoms with E-state index in [2.05, 4.69) is 44.0 Å². The minimum Gasteiger partial charge on any atom is -0.431 e. The lowest BCUT2D eigenvalue weighted by Crippen LogP contribution is -2.46. The number of benzene rings is 2. The second-order valence-corrected chi connectivity index (χ2v) is 10.5. The minimum atomic E-state index is -0.460. The Balaban J connectivity index is 1.20. The van der Waals surface area contributed by atoms with E-state index in [4.69, 9.17) is 9.40 Å². The zero-order chi connectivity index (χ0) is 26.1. The Morgan fingerprint density at radius 1 is 0.974 bits per heavy atom. The highest BCUT2D eigenvalue weighted by Crippen LogP contribution is 2.26. The normalized spacial score (nSPS) is 14.6. The van der Waals surface area contributed by atoms with Crippen molar-refractivity contribution in [1.82, 2.24) is 29.0 Å². The summed E-state index contributed by atoms with van der Waals surface area (Å²) in [5.74, 6) is 1.50. The number of aryl methyl sites for hydroxylation is 2. The van der Waals surface area contributed by atoms with Crippen LogP contribution in [-0.4, -0.2) is 60.9 Å². The number of thioether (sulfide) groups is 1. The van der Waals surface area contributed by atoms with Gasteiger partial charge in [0.1, 0.15) is 5.52 Å². The minimum absolute atomic E-state index is 0.406. The summed E-state index contributed by atoms with van der Waals surface area (Å²) in [6.45, 7) is 4.86. The number of nitrogens with one attached hydrogen (secondary N) is 1. The molecule has 2 aromatic carbocycles. The van der Waals surface area contributed by atoms with Crippen molar-refractivity contribution in [3.63, 3.8) is 0 Å². The summed E-state index contributed by atoms with van der Waals surface area (Å²) in [5, 5.41) is 0.636. The van der Waals surface area contributed by atoms with Gasteiger partial charge in [-0.3, -0.25) is 19.2 Å². The zero-order valence-corrected chi connectivity index (χ0v) is 22.0. The van der Waals surface area contributed by atoms with E-state index in [1.54, 1.807) is 18.8 Å². The molecular formula is C27H29N7O3S. The summed E-state index contributed by atoms with van der Waals surface area (Å²) in [5.41, 5.74) is 2.89. The number of aromatic nitrogens is 5. The second-order valence-electron chi connectivity index (χ2n) is 9.45. The highest BCUT2D eigenvalue weighted by atomic mass is 32.2. The van der Waals surface area contributed by atoms with E-state index in [0.717, 1.165) is 61.9 Å². The molecule has 11 heteroatoms. The number of H-pyrrole nitrogens is 1. The van der Waals surface area contributed by atoms with E-state index < -0.39 is 11.2 Å². The summed E-state index contributed by atoms with van der Waals surface area (Å²) in [6.07, 6.45) is 0.776. The maximum Gasteiger partial charge on any atom is 0.329 e. The topological polar surface area (TPSA) is 105 Å². The fourth-order valence-corrected chi connectivity index (χ4v) is 5.68. The number of aromatic amines is 1. The van der Waals surface area contributed by atoms with Gasteiger partial charge >= 0.3 is 5.69 Å². The summed E-state index contributed by atoms with van der Waals surface area (Å²) < 4.78 is 9.20. The molecule has 5 aromatic rings. The molecule has 1 saturated heterocycles. The van der Waals surface area contributed by atoms with Gasteiger partial charge < -0.3 is 13.9 Å². The molecule has 1 aliphatic rings. The van der Waals surface area contributed by atoms with Gasteiger partial charge in [0.15, 0.2) is 16.7 Å². The molecule has 0 bridgehead atoms. The van der Waals surface area contributed by atoms with Crippen molar-refractivity contribution in [2.75, 3.05) is 36.8 Å². The summed E-state index contributed by atoms with van der Waals surface area (Å²) in [4.78, 5) is 41.6. The molecule has 1 N–H and O–H groups in total. The third-order valence-corrected chi connectivity index (χ3v) is 7.83. The Hall–Kier alpha value is -3.83. The van der Waals surface area contributed by atoms with Gasteiger partial charge in [-0.05, 0) is 24.1 Å². The lowest BCUT2D eigenvalue weighted by molar-refractivity contribution is 0.248. The molecule has 0 unspecified atom stereocenters. The van der Waals surface area contributed by atoms with Crippen molar-refractivity contribution in [2.45, 2.75) is 24.7 Å². The molecule has 3 aromatic heterocycles. The number of para-hydroxylation sites is 2. The van der Waals surface area contributed by atoms with E-state index in [1.807, 2.05) is 34.9 Å². The maximum atomic E-state index is 12.9. The fraction of sp³-hybridized carbons (Fsp3) is 0.333. The number of imidazole rings is 1. The van der Waals surface area contributed by atoms with Crippen LogP contribution in [0.2, 0.25) is 0 Å². The predicted molar refractivity (Wildman–Crippen MR) is 149 cm³/mol. The van der Waals surface area contributed by atoms with Crippen LogP contribution >= 0.6 is 11.8 Å². The zero-order valence-electron chi connectivity index (χ0n) is 21.2. The van der Waals surface area contributed by atoms with Crippen LogP contribution in [0.25, 0.3) is 22.3 Å². The van der Waals surface area contributed by atoms with Crippen LogP contribution in [-0.2, 0) is 20.1 Å². The van der Waals surface area contributed by atoms with E-state index >= 15 is 0 Å². The number of hydrogen-bond donors (Lipinski definition) is 1. The second kappa shape index (κ2) is 10.5. The number of oxazole rings is 1. The molecule has 0 spiro atoms. The summed E-state index contributed by atoms with van der Waals surface area (Å²) in [6, 6.07) is 18.2. The van der Waals surface area contributed by atoms with Crippen molar-refractivity contribution < 1.29 is 4.42 Å². The quantitative estimate of drug-likeness (QED) is 0.241. The molecule has 1 fully saturated rings. The third kappa shape index (κ3) is 4.86. The van der Waals surface area contributed by atoms with Crippen molar-refractivity contribution >= 4 is 40.0 Å². The van der Waals surface area contributed by atoms with Crippen LogP contribution in [0.5, 0.6) is 0 Å². The Morgan fingerprint density at radius 2 is 1.74 bits per heavy atom. The van der Waals surface area contributed by atoms with Gasteiger partial charge in [-0.25, -0.2) is 9.78 Å². The highest BCUT2D eigenvalue weighted by molar-refractivity contribution is 7.99. The van der Waals surface area contributed by atoms with Crippen LogP contribution in [0.15, 0.2) is 73.8 Å². The van der Waals surface area contributed by atoms with Gasteiger partial charge in [-0.2, -0.15) is 4.98 Å². The first-order valence-corrected chi connectivity index (χ1v) is 13.7. The van der Waals surface area contributed by atoms with Crippen LogP contribution in [0.1, 0.15) is 12.0 Å². The van der Waals surface area contributed by atoms with Crippen LogP contribution in [0, 0.1) is 0 Å². The third-order valence-electron chi connectivity index (χ3n) is 6.92. The van der Waals surface area contributed by atoms with Gasteiger partial charge in [0.2, 0.25) is 5.95 Å². The van der Waals surface area contributed by atoms with E-state index in [-0.39, 0.29) is 0 Å². The molecule has 10 nitrogen and oxygen atoms in total. The Morgan fingerprint density at radius 3 is 2.53 bits per heavy atom. The first-order chi connectivity index (χ1) is 18.6. The van der Waals surface area contributed by atoms with Gasteiger partial charge in [0, 0.05) is 52.1 Å². The fourth-order valence-electron chi connectivity index (χ4n) is 4.92. The van der Waals surface area contributed by atoms with Crippen LogP contribution in [0.4, 0.5) is 5.95 Å². The molecule has 0 radical (unpaired) electrons. The Labute approximate surface area is 222 Å². The molecule has 0 amide bonds. The number of hydrogen-bond acceptors (Lipinski definition) is 8. The van der Waals surface area contributed by atoms with Crippen molar-refractivity contribution in [3.05, 3.63) is 81.0 Å². The largest absolute Gasteiger partial charge is 0.431 e. The average molecular weight is 532 g/mol. The van der Waals surface area contributed by atoms with Crippen molar-refractivity contribution in [3.8, 4) is 0 Å². The molecule has 0 saturated carbocycles. The molecule has 0 atom stereocenters. The van der Waals surface area contributed by atoms with Gasteiger partial charge in [0.25, 0.3) is 10.8 Å². The number of fused-ring (bicyclic) bond motifs is 2. The van der Waals surface area contributed by atoms with E-state index in [9.17, 15) is 9.59 Å². The highest BCUT2D eigenvalue weighted by Gasteiger charge is 2.25. The number of piperazine rings is 1. The number of rotatable bonds is 8. The van der Waals surface area contributed by atoms with E-state index in [1.165, 1.54) is 10.1 Å². The molecule has 196 valence electrons. The molecule has 6 rings (SSSR count). The van der Waals surface area contributed by atoms with Crippen molar-refractivity contribution in [2.24, 2.45) is 7.05 Å². The first kappa shape index (κ1) is 24.5. The lowest BCUT2D eigenvalue weighted by Gasteiger charge is -2.35. The van der Waals surface area contributed by atoms with Gasteiger partial charge in [-0.1, -0.05) is 54.2 Å². The monoisotopic (exact) mass is 531 g/mol. The number of anilines is 1. The Bertz CT molecular complexity index is 1650. The maximum absolute atomic E-state index is 12.9. The first-order valence-electron chi connectivity index (χ1n) is 12.8. The average Bonchev–Trinajstić information content (AvgIpc) is 3.53. The summed E-state index contributed by atoms with van der Waals surface area (Å²) >= 11 is 1.55. The smallest absolute Gasteiger partial charge is 0.329 e. The number of nitrogens with zero attached hydrogens (tertiary/aromatic N) is 6. The SMILES string of the molecule is Cn1c(=O)[nH]c(=O)c2c1nc(N1CCN(Cc3ccccc3)CC1)n2CCCSc1nc2ccccc2o1. The molecule has 4 heterocycles. The Kier molecular flexibility index (Phi) is 6.77. The van der Waals surface area contributed by atoms with Crippen LogP contribution in [0.3, 0.4) is 0 Å². The van der Waals surface area contributed by atoms with Crippen LogP contribution < -0.4 is 16.1 Å². The molecule has 1 aliphatic heterocycles. The lowest BCUT2D eigenvalue weighted by atomic mass is 10.2. The standard InChI is InChI=1S/C27H29N7O3S/c1-31-23-22(24(35)30-26(31)36)34(12-7-17-38-27-28-20-10-5-6-11-21(20)37-27)25(29-23)33-15-13-32(14-16-33)18-19-8-3-2-4-9-19/h2-6,8-11H,7,12-18H2,1H3,(H,30,35,36).